The molecule has 1 fully saturated rings. The number of ether oxygens (including phenoxy) is 1. The monoisotopic (exact) mass is 352 g/mol. The van der Waals surface area contributed by atoms with E-state index in [4.69, 9.17) is 14.0 Å². The first-order chi connectivity index (χ1) is 10.0. The Balaban J connectivity index is 1.92. The predicted molar refractivity (Wildman–Crippen MR) is 80.2 cm³/mol. The highest BCUT2D eigenvalue weighted by molar-refractivity contribution is 9.10. The molecule has 0 saturated carbocycles. The molecule has 110 valence electrons. The number of benzene rings is 1. The van der Waals surface area contributed by atoms with E-state index < -0.39 is 19.0 Å². The van der Waals surface area contributed by atoms with Crippen molar-refractivity contribution in [1.29, 1.82) is 0 Å². The number of carbonyl (C=O) groups is 2. The lowest BCUT2D eigenvalue weighted by molar-refractivity contribution is -0.136. The molecular weight excluding hydrogens is 339 g/mol. The highest BCUT2D eigenvalue weighted by Gasteiger charge is 2.39. The van der Waals surface area contributed by atoms with Crippen molar-refractivity contribution in [2.75, 3.05) is 0 Å². The van der Waals surface area contributed by atoms with Gasteiger partial charge >= 0.3 is 13.0 Å². The van der Waals surface area contributed by atoms with Gasteiger partial charge in [-0.3, -0.25) is 9.59 Å². The molecule has 0 spiro atoms. The Morgan fingerprint density at radius 1 is 1.29 bits per heavy atom. The van der Waals surface area contributed by atoms with E-state index in [0.717, 1.165) is 10.0 Å². The van der Waals surface area contributed by atoms with Gasteiger partial charge in [0.05, 0.1) is 5.76 Å². The van der Waals surface area contributed by atoms with Crippen LogP contribution in [0.3, 0.4) is 0 Å². The number of allylic oxidation sites excluding steroid dienone is 1. The standard InChI is InChI=1S/C14H14BBrO5/c1-10-3-2-4-13(17)21-15(20-10)14(18)19-9-11-5-7-12(16)8-6-11/h5-8H,1-4,9H2. The zero-order chi connectivity index (χ0) is 15.2. The van der Waals surface area contributed by atoms with Crippen molar-refractivity contribution in [2.24, 2.45) is 0 Å². The molecule has 1 aliphatic rings. The van der Waals surface area contributed by atoms with Crippen LogP contribution in [0, 0.1) is 0 Å². The Morgan fingerprint density at radius 3 is 2.71 bits per heavy atom. The van der Waals surface area contributed by atoms with Gasteiger partial charge in [-0.15, -0.1) is 0 Å². The van der Waals surface area contributed by atoms with E-state index in [-0.39, 0.29) is 13.0 Å². The van der Waals surface area contributed by atoms with Crippen LogP contribution >= 0.6 is 15.9 Å². The summed E-state index contributed by atoms with van der Waals surface area (Å²) < 4.78 is 16.2. The molecule has 0 aliphatic carbocycles. The number of hydrogen-bond donors (Lipinski definition) is 0. The van der Waals surface area contributed by atoms with E-state index >= 15 is 0 Å². The molecule has 1 aromatic rings. The molecule has 0 N–H and O–H groups in total. The molecule has 2 rings (SSSR count). The zero-order valence-corrected chi connectivity index (χ0v) is 12.9. The Hall–Kier alpha value is -1.76. The van der Waals surface area contributed by atoms with Gasteiger partial charge in [0.2, 0.25) is 0 Å². The van der Waals surface area contributed by atoms with Crippen LogP contribution in [-0.2, 0) is 25.4 Å². The molecule has 1 aromatic carbocycles. The van der Waals surface area contributed by atoms with Crippen LogP contribution < -0.4 is 0 Å². The summed E-state index contributed by atoms with van der Waals surface area (Å²) in [6.07, 6.45) is 1.35. The minimum absolute atomic E-state index is 0.0794. The second-order valence-corrected chi connectivity index (χ2v) is 5.48. The van der Waals surface area contributed by atoms with Crippen molar-refractivity contribution >= 4 is 34.9 Å². The fraction of sp³-hybridized carbons (Fsp3) is 0.286. The van der Waals surface area contributed by atoms with Crippen molar-refractivity contribution in [3.63, 3.8) is 0 Å². The van der Waals surface area contributed by atoms with Crippen molar-refractivity contribution in [2.45, 2.75) is 25.9 Å². The number of carbonyl (C=O) groups excluding carboxylic acids is 2. The topological polar surface area (TPSA) is 61.8 Å². The van der Waals surface area contributed by atoms with Crippen molar-refractivity contribution in [3.8, 4) is 0 Å². The van der Waals surface area contributed by atoms with Crippen LogP contribution in [0.4, 0.5) is 4.79 Å². The third-order valence-electron chi connectivity index (χ3n) is 2.84. The Labute approximate surface area is 131 Å². The van der Waals surface area contributed by atoms with Gasteiger partial charge in [0, 0.05) is 17.3 Å². The summed E-state index contributed by atoms with van der Waals surface area (Å²) >= 11 is 3.32. The van der Waals surface area contributed by atoms with Gasteiger partial charge in [0.1, 0.15) is 6.61 Å². The van der Waals surface area contributed by atoms with Gasteiger partial charge in [-0.1, -0.05) is 34.6 Å². The van der Waals surface area contributed by atoms with Gasteiger partial charge < -0.3 is 14.0 Å². The van der Waals surface area contributed by atoms with Crippen LogP contribution in [0.1, 0.15) is 24.8 Å². The lowest BCUT2D eigenvalue weighted by Crippen LogP contribution is -2.37. The Morgan fingerprint density at radius 2 is 2.00 bits per heavy atom. The summed E-state index contributed by atoms with van der Waals surface area (Å²) in [5.41, 5.74) is 0.822. The second-order valence-electron chi connectivity index (χ2n) is 4.57. The van der Waals surface area contributed by atoms with Crippen molar-refractivity contribution < 1.29 is 23.6 Å². The fourth-order valence-electron chi connectivity index (χ4n) is 1.74. The smallest absolute Gasteiger partial charge is 0.522 e. The van der Waals surface area contributed by atoms with E-state index in [0.29, 0.717) is 18.6 Å². The van der Waals surface area contributed by atoms with Gasteiger partial charge in [0.15, 0.2) is 0 Å². The lowest BCUT2D eigenvalue weighted by atomic mass is 9.89. The first-order valence-corrected chi connectivity index (χ1v) is 7.29. The zero-order valence-electron chi connectivity index (χ0n) is 11.3. The van der Waals surface area contributed by atoms with E-state index in [1.165, 1.54) is 0 Å². The Kier molecular flexibility index (Phi) is 5.44. The van der Waals surface area contributed by atoms with E-state index in [2.05, 4.69) is 22.5 Å². The van der Waals surface area contributed by atoms with Gasteiger partial charge in [-0.2, -0.15) is 0 Å². The predicted octanol–water partition coefficient (Wildman–Crippen LogP) is 3.41. The van der Waals surface area contributed by atoms with E-state index in [1.807, 2.05) is 24.3 Å². The van der Waals surface area contributed by atoms with Crippen LogP contribution in [-0.4, -0.2) is 19.0 Å². The average molecular weight is 353 g/mol. The van der Waals surface area contributed by atoms with Gasteiger partial charge in [0.25, 0.3) is 5.97 Å². The highest BCUT2D eigenvalue weighted by Crippen LogP contribution is 2.16. The second kappa shape index (κ2) is 7.31. The van der Waals surface area contributed by atoms with Crippen LogP contribution in [0.2, 0.25) is 0 Å². The number of rotatable bonds is 3. The molecule has 1 aliphatic heterocycles. The van der Waals surface area contributed by atoms with E-state index in [1.54, 1.807) is 0 Å². The largest absolute Gasteiger partial charge is 0.718 e. The molecule has 1 saturated heterocycles. The van der Waals surface area contributed by atoms with Crippen LogP contribution in [0.25, 0.3) is 0 Å². The first kappa shape index (κ1) is 15.6. The minimum atomic E-state index is -1.37. The maximum absolute atomic E-state index is 11.9. The fourth-order valence-corrected chi connectivity index (χ4v) is 2.01. The molecule has 1 heterocycles. The average Bonchev–Trinajstić information content (AvgIpc) is 2.44. The molecule has 0 atom stereocenters. The number of halogens is 1. The molecule has 5 nitrogen and oxygen atoms in total. The van der Waals surface area contributed by atoms with Crippen LogP contribution in [0.5, 0.6) is 0 Å². The summed E-state index contributed by atoms with van der Waals surface area (Å²) in [6, 6.07) is 7.33. The molecule has 7 heteroatoms. The summed E-state index contributed by atoms with van der Waals surface area (Å²) in [6.45, 7) is 3.75. The van der Waals surface area contributed by atoms with Crippen molar-refractivity contribution in [1.82, 2.24) is 0 Å². The Bertz CT molecular complexity index is 525. The maximum Gasteiger partial charge on any atom is 0.718 e. The molecule has 0 radical (unpaired) electrons. The molecule has 0 amide bonds. The molecule has 0 bridgehead atoms. The lowest BCUT2D eigenvalue weighted by Gasteiger charge is -2.18. The summed E-state index contributed by atoms with van der Waals surface area (Å²) in [5.74, 6) is -0.810. The third-order valence-corrected chi connectivity index (χ3v) is 3.36. The quantitative estimate of drug-likeness (QED) is 0.780. The SMILES string of the molecule is C=C1CCCC(=O)OB(C(=O)OCc2ccc(Br)cc2)O1. The first-order valence-electron chi connectivity index (χ1n) is 6.49. The molecule has 21 heavy (non-hydrogen) atoms. The van der Waals surface area contributed by atoms with E-state index in [9.17, 15) is 9.59 Å². The van der Waals surface area contributed by atoms with Gasteiger partial charge in [-0.05, 0) is 24.1 Å². The normalized spacial score (nSPS) is 15.6. The summed E-state index contributed by atoms with van der Waals surface area (Å²) in [4.78, 5) is 23.3. The minimum Gasteiger partial charge on any atom is -0.522 e. The van der Waals surface area contributed by atoms with Gasteiger partial charge in [-0.25, -0.2) is 0 Å². The van der Waals surface area contributed by atoms with Crippen LogP contribution in [0.15, 0.2) is 41.1 Å². The third kappa shape index (κ3) is 4.93. The highest BCUT2D eigenvalue weighted by atomic mass is 79.9. The molecule has 0 aromatic heterocycles. The summed E-state index contributed by atoms with van der Waals surface area (Å²) in [7, 11) is -1.37. The maximum atomic E-state index is 11.9. The van der Waals surface area contributed by atoms with Crippen molar-refractivity contribution in [3.05, 3.63) is 46.6 Å². The molecular formula is C14H14BBrO5. The molecule has 0 unspecified atom stereocenters. The number of hydrogen-bond acceptors (Lipinski definition) is 5. The summed E-state index contributed by atoms with van der Waals surface area (Å²) in [5, 5.41) is 0.